The molecule has 1 aliphatic rings. The van der Waals surface area contributed by atoms with E-state index in [1.165, 1.54) is 23.9 Å². The first-order chi connectivity index (χ1) is 7.49. The summed E-state index contributed by atoms with van der Waals surface area (Å²) in [5, 5.41) is 0. The Kier molecular flexibility index (Phi) is 2.92. The lowest BCUT2D eigenvalue weighted by atomic mass is 10.3. The monoisotopic (exact) mass is 249 g/mol. The van der Waals surface area contributed by atoms with Gasteiger partial charge in [-0.1, -0.05) is 0 Å². The van der Waals surface area contributed by atoms with Gasteiger partial charge in [-0.25, -0.2) is 0 Å². The molecular formula is C10H10F3NOS. The van der Waals surface area contributed by atoms with Crippen LogP contribution in [0.1, 0.15) is 6.92 Å². The Hall–Kier alpha value is -1.04. The van der Waals surface area contributed by atoms with Crippen molar-refractivity contribution in [1.29, 1.82) is 0 Å². The fourth-order valence-electron chi connectivity index (χ4n) is 1.55. The molecule has 1 heterocycles. The number of halogens is 3. The minimum Gasteiger partial charge on any atom is -0.406 e. The fraction of sp³-hybridized carbons (Fsp3) is 0.400. The van der Waals surface area contributed by atoms with E-state index >= 15 is 0 Å². The summed E-state index contributed by atoms with van der Waals surface area (Å²) in [6.07, 6.45) is -4.62. The van der Waals surface area contributed by atoms with Gasteiger partial charge in [-0.2, -0.15) is 0 Å². The van der Waals surface area contributed by atoms with Crippen LogP contribution < -0.4 is 9.64 Å². The summed E-state index contributed by atoms with van der Waals surface area (Å²) in [6.45, 7) is 2.86. The number of nitrogens with zero attached hydrogens (tertiary/aromatic N) is 1. The number of benzene rings is 1. The van der Waals surface area contributed by atoms with Crippen LogP contribution in [0.2, 0.25) is 0 Å². The molecule has 0 aliphatic carbocycles. The summed E-state index contributed by atoms with van der Waals surface area (Å²) in [5.74, 6) is 0.623. The third-order valence-electron chi connectivity index (χ3n) is 2.26. The third kappa shape index (κ3) is 2.37. The number of hydrogen-bond donors (Lipinski definition) is 0. The van der Waals surface area contributed by atoms with Crippen LogP contribution in [-0.2, 0) is 0 Å². The first-order valence-electron chi connectivity index (χ1n) is 4.77. The van der Waals surface area contributed by atoms with E-state index in [2.05, 4.69) is 9.64 Å². The number of ether oxygens (including phenoxy) is 1. The van der Waals surface area contributed by atoms with Crippen LogP contribution in [0, 0.1) is 0 Å². The van der Waals surface area contributed by atoms with Crippen molar-refractivity contribution in [1.82, 2.24) is 0 Å². The standard InChI is InChI=1S/C10H10F3NOS/c1-2-14-6-16-9-5-7(3-4-8(9)14)15-10(11,12)13/h3-5H,2,6H2,1H3. The lowest BCUT2D eigenvalue weighted by Crippen LogP contribution is -2.18. The molecule has 0 fully saturated rings. The van der Waals surface area contributed by atoms with Crippen LogP contribution in [0.5, 0.6) is 5.75 Å². The molecule has 1 aromatic carbocycles. The molecule has 2 rings (SSSR count). The number of rotatable bonds is 2. The van der Waals surface area contributed by atoms with Crippen LogP contribution >= 0.6 is 11.8 Å². The van der Waals surface area contributed by atoms with Gasteiger partial charge < -0.3 is 9.64 Å². The summed E-state index contributed by atoms with van der Waals surface area (Å²) in [6, 6.07) is 4.45. The van der Waals surface area contributed by atoms with Gasteiger partial charge in [0, 0.05) is 11.4 Å². The molecule has 0 saturated heterocycles. The molecule has 2 nitrogen and oxygen atoms in total. The second kappa shape index (κ2) is 4.08. The predicted molar refractivity (Wildman–Crippen MR) is 56.9 cm³/mol. The summed E-state index contributed by atoms with van der Waals surface area (Å²) in [7, 11) is 0. The first-order valence-corrected chi connectivity index (χ1v) is 5.75. The molecule has 0 atom stereocenters. The summed E-state index contributed by atoms with van der Waals surface area (Å²) < 4.78 is 39.9. The summed E-state index contributed by atoms with van der Waals surface area (Å²) in [4.78, 5) is 2.93. The zero-order valence-electron chi connectivity index (χ0n) is 8.54. The molecule has 0 aromatic heterocycles. The Morgan fingerprint density at radius 3 is 2.81 bits per heavy atom. The largest absolute Gasteiger partial charge is 0.573 e. The maximum absolute atomic E-state index is 12.0. The van der Waals surface area contributed by atoms with Crippen LogP contribution in [0.3, 0.4) is 0 Å². The second-order valence-corrected chi connectivity index (χ2v) is 4.29. The predicted octanol–water partition coefficient (Wildman–Crippen LogP) is 3.47. The minimum absolute atomic E-state index is 0.156. The van der Waals surface area contributed by atoms with Gasteiger partial charge in [-0.3, -0.25) is 0 Å². The van der Waals surface area contributed by atoms with E-state index in [4.69, 9.17) is 0 Å². The van der Waals surface area contributed by atoms with E-state index < -0.39 is 6.36 Å². The average molecular weight is 249 g/mol. The zero-order chi connectivity index (χ0) is 11.8. The van der Waals surface area contributed by atoms with Crippen molar-refractivity contribution in [2.45, 2.75) is 18.2 Å². The van der Waals surface area contributed by atoms with Gasteiger partial charge in [-0.15, -0.1) is 24.9 Å². The Labute approximate surface area is 95.4 Å². The Morgan fingerprint density at radius 1 is 1.44 bits per heavy atom. The number of hydrogen-bond acceptors (Lipinski definition) is 3. The maximum atomic E-state index is 12.0. The molecule has 0 amide bonds. The molecule has 0 unspecified atom stereocenters. The zero-order valence-corrected chi connectivity index (χ0v) is 9.36. The van der Waals surface area contributed by atoms with E-state index in [0.717, 1.165) is 23.0 Å². The molecular weight excluding hydrogens is 239 g/mol. The Morgan fingerprint density at radius 2 is 2.19 bits per heavy atom. The van der Waals surface area contributed by atoms with Crippen LogP contribution in [-0.4, -0.2) is 18.8 Å². The highest BCUT2D eigenvalue weighted by Crippen LogP contribution is 2.41. The molecule has 0 bridgehead atoms. The molecule has 0 N–H and O–H groups in total. The van der Waals surface area contributed by atoms with Gasteiger partial charge in [-0.05, 0) is 25.1 Å². The van der Waals surface area contributed by atoms with E-state index in [1.807, 2.05) is 6.92 Å². The van der Waals surface area contributed by atoms with Crippen LogP contribution in [0.25, 0.3) is 0 Å². The minimum atomic E-state index is -4.62. The average Bonchev–Trinajstić information content (AvgIpc) is 2.57. The number of alkyl halides is 3. The highest BCUT2D eigenvalue weighted by atomic mass is 32.2. The summed E-state index contributed by atoms with van der Waals surface area (Å²) >= 11 is 1.52. The maximum Gasteiger partial charge on any atom is 0.573 e. The molecule has 6 heteroatoms. The Balaban J connectivity index is 2.21. The van der Waals surface area contributed by atoms with Crippen LogP contribution in [0.15, 0.2) is 23.1 Å². The third-order valence-corrected chi connectivity index (χ3v) is 3.34. The molecule has 88 valence electrons. The quantitative estimate of drug-likeness (QED) is 0.796. The molecule has 1 aliphatic heterocycles. The molecule has 16 heavy (non-hydrogen) atoms. The van der Waals surface area contributed by atoms with E-state index in [0.29, 0.717) is 0 Å². The number of fused-ring (bicyclic) bond motifs is 1. The number of anilines is 1. The van der Waals surface area contributed by atoms with Crippen molar-refractivity contribution in [3.8, 4) is 5.75 Å². The van der Waals surface area contributed by atoms with Crippen molar-refractivity contribution in [3.05, 3.63) is 18.2 Å². The topological polar surface area (TPSA) is 12.5 Å². The normalized spacial score (nSPS) is 15.1. The highest BCUT2D eigenvalue weighted by molar-refractivity contribution is 7.99. The van der Waals surface area contributed by atoms with Crippen LogP contribution in [0.4, 0.5) is 18.9 Å². The smallest absolute Gasteiger partial charge is 0.406 e. The van der Waals surface area contributed by atoms with Gasteiger partial charge >= 0.3 is 6.36 Å². The lowest BCUT2D eigenvalue weighted by Gasteiger charge is -2.15. The van der Waals surface area contributed by atoms with E-state index in [-0.39, 0.29) is 5.75 Å². The fourth-order valence-corrected chi connectivity index (χ4v) is 2.71. The molecule has 0 spiro atoms. The Bertz CT molecular complexity index is 394. The molecule has 1 aromatic rings. The van der Waals surface area contributed by atoms with Gasteiger partial charge in [0.2, 0.25) is 0 Å². The highest BCUT2D eigenvalue weighted by Gasteiger charge is 2.31. The van der Waals surface area contributed by atoms with Gasteiger partial charge in [0.15, 0.2) is 0 Å². The van der Waals surface area contributed by atoms with Gasteiger partial charge in [0.05, 0.1) is 11.6 Å². The van der Waals surface area contributed by atoms with Crippen molar-refractivity contribution in [2.24, 2.45) is 0 Å². The molecule has 0 saturated carbocycles. The first kappa shape index (κ1) is 11.4. The number of thioether (sulfide) groups is 1. The van der Waals surface area contributed by atoms with Crippen molar-refractivity contribution < 1.29 is 17.9 Å². The van der Waals surface area contributed by atoms with Crippen molar-refractivity contribution in [3.63, 3.8) is 0 Å². The summed E-state index contributed by atoms with van der Waals surface area (Å²) in [5.41, 5.74) is 0.974. The van der Waals surface area contributed by atoms with E-state index in [9.17, 15) is 13.2 Å². The van der Waals surface area contributed by atoms with Crippen molar-refractivity contribution in [2.75, 3.05) is 17.3 Å². The van der Waals surface area contributed by atoms with E-state index in [1.54, 1.807) is 6.07 Å². The SMILES string of the molecule is CCN1CSc2cc(OC(F)(F)F)ccc21. The van der Waals surface area contributed by atoms with Crippen molar-refractivity contribution >= 4 is 17.4 Å². The molecule has 0 radical (unpaired) electrons. The van der Waals surface area contributed by atoms with Gasteiger partial charge in [0.1, 0.15) is 5.75 Å². The second-order valence-electron chi connectivity index (χ2n) is 3.31. The lowest BCUT2D eigenvalue weighted by molar-refractivity contribution is -0.274. The van der Waals surface area contributed by atoms with Gasteiger partial charge in [0.25, 0.3) is 0 Å².